The van der Waals surface area contributed by atoms with Gasteiger partial charge in [0.05, 0.1) is 0 Å². The van der Waals surface area contributed by atoms with Gasteiger partial charge in [-0.2, -0.15) is 0 Å². The maximum absolute atomic E-state index is 13.2. The second-order valence-corrected chi connectivity index (χ2v) is 7.20. The van der Waals surface area contributed by atoms with Gasteiger partial charge in [-0.3, -0.25) is 0 Å². The Hall–Kier alpha value is -0.890. The molecule has 2 heteroatoms. The van der Waals surface area contributed by atoms with E-state index >= 15 is 0 Å². The quantitative estimate of drug-likeness (QED) is 0.857. The van der Waals surface area contributed by atoms with Gasteiger partial charge in [0.2, 0.25) is 0 Å². The van der Waals surface area contributed by atoms with Crippen LogP contribution in [0.15, 0.2) is 18.2 Å². The molecule has 1 N–H and O–H groups in total. The fourth-order valence-corrected chi connectivity index (χ4v) is 2.81. The molecule has 1 aromatic rings. The molecule has 0 amide bonds. The summed E-state index contributed by atoms with van der Waals surface area (Å²) in [5.74, 6) is -0.128. The molecule has 106 valence electrons. The Morgan fingerprint density at radius 1 is 1.26 bits per heavy atom. The molecular formula is C17H26FN. The Bertz CT molecular complexity index is 441. The predicted octanol–water partition coefficient (Wildman–Crippen LogP) is 4.24. The molecule has 1 fully saturated rings. The first-order valence-corrected chi connectivity index (χ1v) is 7.30. The van der Waals surface area contributed by atoms with Crippen LogP contribution in [-0.4, -0.2) is 12.1 Å². The molecule has 0 aliphatic heterocycles. The van der Waals surface area contributed by atoms with Gasteiger partial charge in [0, 0.05) is 12.1 Å². The van der Waals surface area contributed by atoms with Crippen molar-refractivity contribution in [3.63, 3.8) is 0 Å². The van der Waals surface area contributed by atoms with Crippen molar-refractivity contribution in [1.82, 2.24) is 5.32 Å². The molecule has 1 aliphatic carbocycles. The number of aryl methyl sites for hydroxylation is 1. The maximum Gasteiger partial charge on any atom is 0.123 e. The maximum atomic E-state index is 13.2. The van der Waals surface area contributed by atoms with Crippen LogP contribution in [0.2, 0.25) is 0 Å². The lowest BCUT2D eigenvalue weighted by molar-refractivity contribution is 0.118. The second-order valence-electron chi connectivity index (χ2n) is 7.20. The number of rotatable bonds is 4. The van der Waals surface area contributed by atoms with Crippen LogP contribution >= 0.6 is 0 Å². The summed E-state index contributed by atoms with van der Waals surface area (Å²) < 4.78 is 13.2. The lowest BCUT2D eigenvalue weighted by Crippen LogP contribution is -2.48. The van der Waals surface area contributed by atoms with Crippen molar-refractivity contribution in [3.8, 4) is 0 Å². The summed E-state index contributed by atoms with van der Waals surface area (Å²) >= 11 is 0. The van der Waals surface area contributed by atoms with Gasteiger partial charge in [0.15, 0.2) is 0 Å². The fourth-order valence-electron chi connectivity index (χ4n) is 2.81. The van der Waals surface area contributed by atoms with Gasteiger partial charge < -0.3 is 5.32 Å². The molecule has 0 spiro atoms. The Labute approximate surface area is 116 Å². The highest BCUT2D eigenvalue weighted by atomic mass is 19.1. The first kappa shape index (κ1) is 14.5. The summed E-state index contributed by atoms with van der Waals surface area (Å²) in [6, 6.07) is 5.20. The molecule has 2 rings (SSSR count). The van der Waals surface area contributed by atoms with E-state index in [4.69, 9.17) is 0 Å². The molecular weight excluding hydrogens is 237 g/mol. The number of halogens is 1. The van der Waals surface area contributed by atoms with Crippen molar-refractivity contribution in [2.75, 3.05) is 6.54 Å². The van der Waals surface area contributed by atoms with E-state index in [0.717, 1.165) is 18.5 Å². The van der Waals surface area contributed by atoms with Crippen LogP contribution < -0.4 is 5.32 Å². The molecule has 19 heavy (non-hydrogen) atoms. The third-order valence-corrected chi connectivity index (χ3v) is 4.28. The van der Waals surface area contributed by atoms with Gasteiger partial charge in [-0.1, -0.05) is 12.5 Å². The number of benzene rings is 1. The van der Waals surface area contributed by atoms with Gasteiger partial charge in [-0.05, 0) is 75.6 Å². The molecule has 1 nitrogen and oxygen atoms in total. The van der Waals surface area contributed by atoms with Crippen LogP contribution in [0.5, 0.6) is 0 Å². The third-order valence-electron chi connectivity index (χ3n) is 4.28. The van der Waals surface area contributed by atoms with E-state index in [2.05, 4.69) is 26.1 Å². The van der Waals surface area contributed by atoms with Crippen LogP contribution in [-0.2, 0) is 6.42 Å². The molecule has 1 aliphatic rings. The van der Waals surface area contributed by atoms with E-state index in [1.54, 1.807) is 12.1 Å². The topological polar surface area (TPSA) is 12.0 Å². The molecule has 0 heterocycles. The Morgan fingerprint density at radius 3 is 2.42 bits per heavy atom. The monoisotopic (exact) mass is 263 g/mol. The largest absolute Gasteiger partial charge is 0.312 e. The fraction of sp³-hybridized carbons (Fsp3) is 0.647. The molecule has 0 saturated heterocycles. The van der Waals surface area contributed by atoms with Crippen molar-refractivity contribution >= 4 is 0 Å². The van der Waals surface area contributed by atoms with E-state index in [1.165, 1.54) is 24.8 Å². The molecule has 1 aromatic carbocycles. The first-order chi connectivity index (χ1) is 8.80. The van der Waals surface area contributed by atoms with E-state index in [0.29, 0.717) is 5.41 Å². The Morgan fingerprint density at radius 2 is 1.95 bits per heavy atom. The van der Waals surface area contributed by atoms with Crippen molar-refractivity contribution in [3.05, 3.63) is 35.1 Å². The minimum atomic E-state index is -0.128. The van der Waals surface area contributed by atoms with Crippen molar-refractivity contribution in [2.45, 2.75) is 58.9 Å². The summed E-state index contributed by atoms with van der Waals surface area (Å²) in [4.78, 5) is 0. The van der Waals surface area contributed by atoms with Crippen molar-refractivity contribution < 1.29 is 4.39 Å². The standard InChI is InChI=1S/C17H26FN/c1-13-10-15(18)7-6-14(13)11-17(8-5-9-17)12-19-16(2,3)4/h6-7,10,19H,5,8-9,11-12H2,1-4H3. The summed E-state index contributed by atoms with van der Waals surface area (Å²) in [5, 5.41) is 3.64. The van der Waals surface area contributed by atoms with Crippen LogP contribution in [0, 0.1) is 18.2 Å². The zero-order valence-corrected chi connectivity index (χ0v) is 12.6. The summed E-state index contributed by atoms with van der Waals surface area (Å²) in [5.41, 5.74) is 2.94. The average Bonchev–Trinajstić information content (AvgIpc) is 2.23. The molecule has 0 aromatic heterocycles. The van der Waals surface area contributed by atoms with E-state index in [9.17, 15) is 4.39 Å². The molecule has 0 unspecified atom stereocenters. The summed E-state index contributed by atoms with van der Waals surface area (Å²) in [6.07, 6.45) is 4.97. The van der Waals surface area contributed by atoms with Gasteiger partial charge >= 0.3 is 0 Å². The molecule has 1 saturated carbocycles. The zero-order valence-electron chi connectivity index (χ0n) is 12.6. The van der Waals surface area contributed by atoms with Crippen molar-refractivity contribution in [1.29, 1.82) is 0 Å². The van der Waals surface area contributed by atoms with Gasteiger partial charge in [-0.25, -0.2) is 4.39 Å². The minimum Gasteiger partial charge on any atom is -0.312 e. The number of nitrogens with one attached hydrogen (secondary N) is 1. The van der Waals surface area contributed by atoms with Gasteiger partial charge in [0.1, 0.15) is 5.82 Å². The van der Waals surface area contributed by atoms with Gasteiger partial charge in [0.25, 0.3) is 0 Å². The summed E-state index contributed by atoms with van der Waals surface area (Å²) in [6.45, 7) is 9.71. The van der Waals surface area contributed by atoms with Crippen LogP contribution in [0.25, 0.3) is 0 Å². The Balaban J connectivity index is 2.06. The Kier molecular flexibility index (Phi) is 4.00. The van der Waals surface area contributed by atoms with Crippen LogP contribution in [0.1, 0.15) is 51.2 Å². The SMILES string of the molecule is Cc1cc(F)ccc1CC1(CNC(C)(C)C)CCC1. The van der Waals surface area contributed by atoms with Crippen LogP contribution in [0.3, 0.4) is 0 Å². The zero-order chi connectivity index (χ0) is 14.1. The van der Waals surface area contributed by atoms with Crippen molar-refractivity contribution in [2.24, 2.45) is 5.41 Å². The lowest BCUT2D eigenvalue weighted by Gasteiger charge is -2.44. The summed E-state index contributed by atoms with van der Waals surface area (Å²) in [7, 11) is 0. The van der Waals surface area contributed by atoms with E-state index in [1.807, 2.05) is 13.0 Å². The van der Waals surface area contributed by atoms with Gasteiger partial charge in [-0.15, -0.1) is 0 Å². The average molecular weight is 263 g/mol. The highest BCUT2D eigenvalue weighted by Crippen LogP contribution is 2.44. The number of hydrogen-bond acceptors (Lipinski definition) is 1. The lowest BCUT2D eigenvalue weighted by atomic mass is 9.64. The highest BCUT2D eigenvalue weighted by molar-refractivity contribution is 5.28. The van der Waals surface area contributed by atoms with Crippen LogP contribution in [0.4, 0.5) is 4.39 Å². The highest BCUT2D eigenvalue weighted by Gasteiger charge is 2.37. The third kappa shape index (κ3) is 3.79. The second kappa shape index (κ2) is 5.24. The smallest absolute Gasteiger partial charge is 0.123 e. The normalized spacial score (nSPS) is 18.2. The van der Waals surface area contributed by atoms with E-state index < -0.39 is 0 Å². The molecule has 0 atom stereocenters. The minimum absolute atomic E-state index is 0.128. The first-order valence-electron chi connectivity index (χ1n) is 7.30. The predicted molar refractivity (Wildman–Crippen MR) is 78.9 cm³/mol. The molecule has 0 radical (unpaired) electrons. The molecule has 0 bridgehead atoms. The van der Waals surface area contributed by atoms with E-state index in [-0.39, 0.29) is 11.4 Å². The number of hydrogen-bond donors (Lipinski definition) is 1.